The van der Waals surface area contributed by atoms with E-state index >= 15 is 0 Å². The molecule has 3 aromatic carbocycles. The van der Waals surface area contributed by atoms with Gasteiger partial charge in [-0.2, -0.15) is 0 Å². The van der Waals surface area contributed by atoms with Gasteiger partial charge in [0.25, 0.3) is 11.8 Å². The Bertz CT molecular complexity index is 1070. The fourth-order valence-electron chi connectivity index (χ4n) is 3.24. The van der Waals surface area contributed by atoms with Crippen LogP contribution in [0.5, 0.6) is 11.5 Å². The average molecular weight is 402 g/mol. The molecule has 152 valence electrons. The lowest BCUT2D eigenvalue weighted by Gasteiger charge is -2.26. The van der Waals surface area contributed by atoms with Crippen LogP contribution in [0, 0.1) is 0 Å². The molecule has 1 aliphatic heterocycles. The molecule has 2 N–H and O–H groups in total. The first-order valence-electron chi connectivity index (χ1n) is 9.80. The summed E-state index contributed by atoms with van der Waals surface area (Å²) in [5.41, 5.74) is 2.99. The normalized spacial score (nSPS) is 14.8. The Kier molecular flexibility index (Phi) is 5.66. The van der Waals surface area contributed by atoms with E-state index in [1.165, 1.54) is 0 Å². The van der Waals surface area contributed by atoms with Crippen molar-refractivity contribution in [3.8, 4) is 11.5 Å². The molecular formula is C24H22N2O4. The van der Waals surface area contributed by atoms with Gasteiger partial charge in [-0.15, -0.1) is 0 Å². The standard InChI is InChI=1S/C24H22N2O4/c1-2-16-7-6-10-19(13-16)29-15-22(27)25-18-11-12-21-20(14-18)26-24(28)23(30-21)17-8-4-3-5-9-17/h3-14,23H,2,15H2,1H3,(H,25,27)(H,26,28). The molecule has 0 spiro atoms. The van der Waals surface area contributed by atoms with Gasteiger partial charge in [0.1, 0.15) is 11.5 Å². The summed E-state index contributed by atoms with van der Waals surface area (Å²) in [4.78, 5) is 24.7. The van der Waals surface area contributed by atoms with E-state index in [2.05, 4.69) is 17.6 Å². The second-order valence-electron chi connectivity index (χ2n) is 6.95. The van der Waals surface area contributed by atoms with Crippen LogP contribution < -0.4 is 20.1 Å². The van der Waals surface area contributed by atoms with Gasteiger partial charge in [0.15, 0.2) is 6.61 Å². The summed E-state index contributed by atoms with van der Waals surface area (Å²) in [5.74, 6) is 0.662. The van der Waals surface area contributed by atoms with Gasteiger partial charge in [-0.25, -0.2) is 0 Å². The summed E-state index contributed by atoms with van der Waals surface area (Å²) < 4.78 is 11.4. The molecule has 0 fully saturated rings. The highest BCUT2D eigenvalue weighted by Gasteiger charge is 2.29. The zero-order chi connectivity index (χ0) is 20.9. The molecule has 0 bridgehead atoms. The summed E-state index contributed by atoms with van der Waals surface area (Å²) in [6, 6.07) is 22.1. The Morgan fingerprint density at radius 1 is 1.07 bits per heavy atom. The van der Waals surface area contributed by atoms with Crippen LogP contribution in [0.4, 0.5) is 11.4 Å². The monoisotopic (exact) mass is 402 g/mol. The van der Waals surface area contributed by atoms with E-state index in [4.69, 9.17) is 9.47 Å². The first-order valence-corrected chi connectivity index (χ1v) is 9.80. The van der Waals surface area contributed by atoms with E-state index in [9.17, 15) is 9.59 Å². The van der Waals surface area contributed by atoms with Crippen LogP contribution >= 0.6 is 0 Å². The fraction of sp³-hybridized carbons (Fsp3) is 0.167. The number of nitrogens with one attached hydrogen (secondary N) is 2. The molecule has 1 atom stereocenters. The summed E-state index contributed by atoms with van der Waals surface area (Å²) in [6.45, 7) is 1.95. The molecule has 3 aromatic rings. The largest absolute Gasteiger partial charge is 0.484 e. The highest BCUT2D eigenvalue weighted by molar-refractivity contribution is 6.00. The second-order valence-corrected chi connectivity index (χ2v) is 6.95. The molecule has 1 unspecified atom stereocenters. The van der Waals surface area contributed by atoms with Crippen LogP contribution in [0.25, 0.3) is 0 Å². The minimum absolute atomic E-state index is 0.108. The topological polar surface area (TPSA) is 76.7 Å². The molecule has 1 heterocycles. The number of amides is 2. The van der Waals surface area contributed by atoms with Crippen molar-refractivity contribution in [2.45, 2.75) is 19.4 Å². The molecule has 6 nitrogen and oxygen atoms in total. The highest BCUT2D eigenvalue weighted by atomic mass is 16.5. The van der Waals surface area contributed by atoms with E-state index in [0.717, 1.165) is 17.5 Å². The maximum atomic E-state index is 12.5. The zero-order valence-corrected chi connectivity index (χ0v) is 16.6. The van der Waals surface area contributed by atoms with Crippen LogP contribution in [-0.2, 0) is 16.0 Å². The van der Waals surface area contributed by atoms with Crippen molar-refractivity contribution in [3.05, 3.63) is 83.9 Å². The maximum absolute atomic E-state index is 12.5. The summed E-state index contributed by atoms with van der Waals surface area (Å²) in [5, 5.41) is 5.62. The van der Waals surface area contributed by atoms with Crippen LogP contribution in [-0.4, -0.2) is 18.4 Å². The number of ether oxygens (including phenoxy) is 2. The fourth-order valence-corrected chi connectivity index (χ4v) is 3.24. The van der Waals surface area contributed by atoms with Gasteiger partial charge >= 0.3 is 0 Å². The molecule has 1 aliphatic rings. The van der Waals surface area contributed by atoms with Crippen molar-refractivity contribution in [3.63, 3.8) is 0 Å². The molecular weight excluding hydrogens is 380 g/mol. The molecule has 0 saturated carbocycles. The average Bonchev–Trinajstić information content (AvgIpc) is 2.78. The lowest BCUT2D eigenvalue weighted by atomic mass is 10.1. The van der Waals surface area contributed by atoms with Crippen molar-refractivity contribution >= 4 is 23.2 Å². The Labute approximate surface area is 174 Å². The van der Waals surface area contributed by atoms with E-state index < -0.39 is 6.10 Å². The zero-order valence-electron chi connectivity index (χ0n) is 16.6. The Morgan fingerprint density at radius 2 is 1.90 bits per heavy atom. The Hall–Kier alpha value is -3.80. The van der Waals surface area contributed by atoms with Gasteiger partial charge < -0.3 is 20.1 Å². The van der Waals surface area contributed by atoms with Crippen molar-refractivity contribution in [2.75, 3.05) is 17.2 Å². The predicted molar refractivity (Wildman–Crippen MR) is 115 cm³/mol. The molecule has 2 amide bonds. The first-order chi connectivity index (χ1) is 14.6. The smallest absolute Gasteiger partial charge is 0.270 e. The third kappa shape index (κ3) is 4.43. The van der Waals surface area contributed by atoms with Crippen molar-refractivity contribution in [1.82, 2.24) is 0 Å². The van der Waals surface area contributed by atoms with Gasteiger partial charge in [0.05, 0.1) is 5.69 Å². The van der Waals surface area contributed by atoms with Gasteiger partial charge in [-0.05, 0) is 42.3 Å². The maximum Gasteiger partial charge on any atom is 0.270 e. The first kappa shape index (κ1) is 19.5. The molecule has 6 heteroatoms. The number of benzene rings is 3. The van der Waals surface area contributed by atoms with E-state index in [0.29, 0.717) is 22.9 Å². The lowest BCUT2D eigenvalue weighted by Crippen LogP contribution is -2.30. The quantitative estimate of drug-likeness (QED) is 0.643. The van der Waals surface area contributed by atoms with E-state index in [1.807, 2.05) is 54.6 Å². The number of carbonyl (C=O) groups is 2. The van der Waals surface area contributed by atoms with Crippen LogP contribution in [0.2, 0.25) is 0 Å². The number of hydrogen-bond donors (Lipinski definition) is 2. The van der Waals surface area contributed by atoms with Gasteiger partial charge in [-0.3, -0.25) is 9.59 Å². The molecule has 0 aliphatic carbocycles. The minimum Gasteiger partial charge on any atom is -0.484 e. The number of aryl methyl sites for hydroxylation is 1. The highest BCUT2D eigenvalue weighted by Crippen LogP contribution is 2.36. The molecule has 4 rings (SSSR count). The van der Waals surface area contributed by atoms with Crippen molar-refractivity contribution in [1.29, 1.82) is 0 Å². The molecule has 0 radical (unpaired) electrons. The van der Waals surface area contributed by atoms with Crippen LogP contribution in [0.15, 0.2) is 72.8 Å². The number of carbonyl (C=O) groups excluding carboxylic acids is 2. The van der Waals surface area contributed by atoms with Crippen molar-refractivity contribution < 1.29 is 19.1 Å². The number of rotatable bonds is 6. The predicted octanol–water partition coefficient (Wildman–Crippen LogP) is 4.34. The third-order valence-electron chi connectivity index (χ3n) is 4.78. The van der Waals surface area contributed by atoms with E-state index in [-0.39, 0.29) is 18.4 Å². The second kappa shape index (κ2) is 8.69. The number of hydrogen-bond acceptors (Lipinski definition) is 4. The van der Waals surface area contributed by atoms with Crippen molar-refractivity contribution in [2.24, 2.45) is 0 Å². The van der Waals surface area contributed by atoms with Gasteiger partial charge in [0, 0.05) is 11.3 Å². The Morgan fingerprint density at radius 3 is 2.70 bits per heavy atom. The number of anilines is 2. The molecule has 0 saturated heterocycles. The van der Waals surface area contributed by atoms with Gasteiger partial charge in [-0.1, -0.05) is 49.4 Å². The lowest BCUT2D eigenvalue weighted by molar-refractivity contribution is -0.123. The summed E-state index contributed by atoms with van der Waals surface area (Å²) in [6.07, 6.45) is 0.198. The minimum atomic E-state index is -0.702. The number of fused-ring (bicyclic) bond motifs is 1. The third-order valence-corrected chi connectivity index (χ3v) is 4.78. The SMILES string of the molecule is CCc1cccc(OCC(=O)Nc2ccc3c(c2)NC(=O)C(c2ccccc2)O3)c1. The van der Waals surface area contributed by atoms with Crippen LogP contribution in [0.1, 0.15) is 24.2 Å². The summed E-state index contributed by atoms with van der Waals surface area (Å²) >= 11 is 0. The molecule has 30 heavy (non-hydrogen) atoms. The van der Waals surface area contributed by atoms with Gasteiger partial charge in [0.2, 0.25) is 6.10 Å². The summed E-state index contributed by atoms with van der Waals surface area (Å²) in [7, 11) is 0. The van der Waals surface area contributed by atoms with Crippen LogP contribution in [0.3, 0.4) is 0 Å². The molecule has 0 aromatic heterocycles. The van der Waals surface area contributed by atoms with E-state index in [1.54, 1.807) is 18.2 Å². The Balaban J connectivity index is 1.39.